The van der Waals surface area contributed by atoms with E-state index in [1.165, 1.54) is 0 Å². The van der Waals surface area contributed by atoms with Gasteiger partial charge in [0.15, 0.2) is 22.4 Å². The van der Waals surface area contributed by atoms with Crippen molar-refractivity contribution in [1.29, 1.82) is 0 Å². The molecule has 1 amide bonds. The third kappa shape index (κ3) is 7.96. The molecule has 1 aliphatic heterocycles. The molecule has 0 spiro atoms. The summed E-state index contributed by atoms with van der Waals surface area (Å²) in [5, 5.41) is 0.150. The molecule has 0 bridgehead atoms. The number of likely N-dealkylation sites (tertiary alicyclic amines) is 1. The van der Waals surface area contributed by atoms with Gasteiger partial charge in [-0.2, -0.15) is 0 Å². The number of ether oxygens (including phenoxy) is 1. The van der Waals surface area contributed by atoms with E-state index in [-0.39, 0.29) is 22.0 Å². The Balaban J connectivity index is 2.95. The van der Waals surface area contributed by atoms with Crippen LogP contribution in [0.5, 0.6) is 0 Å². The van der Waals surface area contributed by atoms with Crippen LogP contribution in [-0.2, 0) is 18.4 Å². The van der Waals surface area contributed by atoms with E-state index in [1.807, 2.05) is 20.8 Å². The van der Waals surface area contributed by atoms with E-state index in [9.17, 15) is 9.59 Å². The molecule has 6 nitrogen and oxygen atoms in total. The number of hydrogen-bond donors (Lipinski definition) is 0. The fourth-order valence-electron chi connectivity index (χ4n) is 3.09. The van der Waals surface area contributed by atoms with E-state index >= 15 is 0 Å². The summed E-state index contributed by atoms with van der Waals surface area (Å²) in [6, 6.07) is -0.525. The molecule has 1 aliphatic rings. The maximum Gasteiger partial charge on any atom is 0.410 e. The Morgan fingerprint density at radius 3 is 1.81 bits per heavy atom. The monoisotopic (exact) mass is 487 g/mol. The summed E-state index contributed by atoms with van der Waals surface area (Å²) in [5.74, 6) is 0.0240. The normalized spacial score (nSPS) is 21.1. The van der Waals surface area contributed by atoms with Gasteiger partial charge in [0.05, 0.1) is 12.1 Å². The maximum absolute atomic E-state index is 13.2. The Morgan fingerprint density at radius 1 is 0.875 bits per heavy atom. The van der Waals surface area contributed by atoms with E-state index < -0.39 is 34.4 Å². The molecule has 1 heterocycles. The highest BCUT2D eigenvalue weighted by molar-refractivity contribution is 6.74. The van der Waals surface area contributed by atoms with E-state index in [0.29, 0.717) is 26.0 Å². The molecule has 0 aromatic rings. The van der Waals surface area contributed by atoms with Crippen molar-refractivity contribution in [3.05, 3.63) is 0 Å². The van der Waals surface area contributed by atoms with Gasteiger partial charge in [0.1, 0.15) is 5.60 Å². The van der Waals surface area contributed by atoms with Crippen molar-refractivity contribution >= 4 is 28.5 Å². The fraction of sp³-hybridized carbons (Fsp3) is 0.917. The molecular weight excluding hydrogens is 438 g/mol. The topological polar surface area (TPSA) is 65.1 Å². The second kappa shape index (κ2) is 9.88. The van der Waals surface area contributed by atoms with Crippen molar-refractivity contribution in [2.45, 2.75) is 129 Å². The molecule has 8 heteroatoms. The predicted octanol–water partition coefficient (Wildman–Crippen LogP) is 6.37. The highest BCUT2D eigenvalue weighted by Crippen LogP contribution is 2.39. The average Bonchev–Trinajstić information content (AvgIpc) is 2.94. The number of nitrogens with zero attached hydrogens (tertiary/aromatic N) is 1. The Hall–Kier alpha value is -0.706. The van der Waals surface area contributed by atoms with Gasteiger partial charge in [0.2, 0.25) is 0 Å². The smallest absolute Gasteiger partial charge is 0.410 e. The van der Waals surface area contributed by atoms with Gasteiger partial charge in [-0.25, -0.2) is 4.79 Å². The van der Waals surface area contributed by atoms with Crippen LogP contribution >= 0.6 is 0 Å². The third-order valence-corrected chi connectivity index (χ3v) is 16.2. The predicted molar refractivity (Wildman–Crippen MR) is 136 cm³/mol. The summed E-state index contributed by atoms with van der Waals surface area (Å²) in [7, 11) is -3.95. The number of rotatable bonds is 7. The highest BCUT2D eigenvalue weighted by Gasteiger charge is 2.46. The summed E-state index contributed by atoms with van der Waals surface area (Å²) in [4.78, 5) is 27.7. The van der Waals surface area contributed by atoms with Gasteiger partial charge in [-0.15, -0.1) is 0 Å². The van der Waals surface area contributed by atoms with Crippen molar-refractivity contribution < 1.29 is 23.2 Å². The SMILES string of the molecule is CC(C)(C)OC(=O)N1C[C@H](O[Si](C)(C)C(C)(C)C)C[C@H]1C(=O)CCO[Si](C)(C)C(C)(C)C. The third-order valence-electron chi connectivity index (χ3n) is 7.15. The minimum atomic E-state index is -2.03. The maximum atomic E-state index is 13.2. The van der Waals surface area contributed by atoms with Gasteiger partial charge >= 0.3 is 6.09 Å². The van der Waals surface area contributed by atoms with E-state index in [4.69, 9.17) is 13.6 Å². The summed E-state index contributed by atoms with van der Waals surface area (Å²) in [6.07, 6.45) is 0.217. The fourth-order valence-corrected chi connectivity index (χ4v) is 5.50. The second-order valence-electron chi connectivity index (χ2n) is 13.2. The summed E-state index contributed by atoms with van der Waals surface area (Å²) in [5.41, 5.74) is -0.617. The second-order valence-corrected chi connectivity index (χ2v) is 22.8. The van der Waals surface area contributed by atoms with Crippen LogP contribution in [0.25, 0.3) is 0 Å². The highest BCUT2D eigenvalue weighted by atomic mass is 28.4. The molecular formula is C24H49NO5Si2. The van der Waals surface area contributed by atoms with Gasteiger partial charge in [-0.1, -0.05) is 41.5 Å². The van der Waals surface area contributed by atoms with Crippen molar-refractivity contribution in [2.24, 2.45) is 0 Å². The van der Waals surface area contributed by atoms with Crippen LogP contribution in [-0.4, -0.2) is 64.3 Å². The van der Waals surface area contributed by atoms with Gasteiger partial charge in [-0.05, 0) is 57.0 Å². The Labute approximate surface area is 199 Å². The van der Waals surface area contributed by atoms with Crippen LogP contribution in [0, 0.1) is 0 Å². The Bertz CT molecular complexity index is 671. The van der Waals surface area contributed by atoms with Crippen LogP contribution in [0.3, 0.4) is 0 Å². The first kappa shape index (κ1) is 29.3. The zero-order valence-corrected chi connectivity index (χ0v) is 25.0. The van der Waals surface area contributed by atoms with Crippen LogP contribution in [0.4, 0.5) is 4.79 Å². The van der Waals surface area contributed by atoms with Crippen LogP contribution in [0.1, 0.15) is 75.2 Å². The summed E-state index contributed by atoms with van der Waals surface area (Å²) >= 11 is 0. The number of carbonyl (C=O) groups excluding carboxylic acids is 2. The molecule has 188 valence electrons. The molecule has 0 saturated carbocycles. The summed E-state index contributed by atoms with van der Waals surface area (Å²) in [6.45, 7) is 28.2. The first-order valence-corrected chi connectivity index (χ1v) is 17.7. The zero-order chi connectivity index (χ0) is 25.3. The molecule has 0 N–H and O–H groups in total. The number of carbonyl (C=O) groups is 2. The van der Waals surface area contributed by atoms with Crippen LogP contribution in [0.2, 0.25) is 36.3 Å². The van der Waals surface area contributed by atoms with Gasteiger partial charge < -0.3 is 13.6 Å². The van der Waals surface area contributed by atoms with Gasteiger partial charge in [0.25, 0.3) is 0 Å². The molecule has 0 aliphatic carbocycles. The Kier molecular flexibility index (Phi) is 9.05. The molecule has 1 saturated heterocycles. The largest absolute Gasteiger partial charge is 0.444 e. The zero-order valence-electron chi connectivity index (χ0n) is 23.0. The summed E-state index contributed by atoms with van der Waals surface area (Å²) < 4.78 is 18.4. The molecule has 0 radical (unpaired) electrons. The quantitative estimate of drug-likeness (QED) is 0.390. The van der Waals surface area contributed by atoms with Crippen LogP contribution in [0.15, 0.2) is 0 Å². The molecule has 1 fully saturated rings. The van der Waals surface area contributed by atoms with Crippen molar-refractivity contribution in [3.8, 4) is 0 Å². The van der Waals surface area contributed by atoms with E-state index in [2.05, 4.69) is 67.7 Å². The van der Waals surface area contributed by atoms with Gasteiger partial charge in [-0.3, -0.25) is 9.69 Å². The number of Topliss-reactive ketones (excluding diaryl/α,β-unsaturated/α-hetero) is 1. The van der Waals surface area contributed by atoms with Crippen molar-refractivity contribution in [3.63, 3.8) is 0 Å². The molecule has 1 rings (SSSR count). The molecule has 2 atom stereocenters. The van der Waals surface area contributed by atoms with Gasteiger partial charge in [0, 0.05) is 26.0 Å². The van der Waals surface area contributed by atoms with E-state index in [0.717, 1.165) is 0 Å². The standard InChI is InChI=1S/C24H49NO5Si2/c1-22(2,3)29-21(27)25-17-18(30-32(12,13)24(7,8)9)16-19(25)20(26)14-15-28-31(10,11)23(4,5)6/h18-19H,14-17H2,1-13H3/t18-,19+/m1/s1. The van der Waals surface area contributed by atoms with E-state index in [1.54, 1.807) is 4.90 Å². The number of hydrogen-bond acceptors (Lipinski definition) is 5. The van der Waals surface area contributed by atoms with Crippen LogP contribution < -0.4 is 0 Å². The lowest BCUT2D eigenvalue weighted by Crippen LogP contribution is -2.46. The van der Waals surface area contributed by atoms with Crippen molar-refractivity contribution in [1.82, 2.24) is 4.90 Å². The Morgan fingerprint density at radius 2 is 1.38 bits per heavy atom. The minimum absolute atomic E-state index is 0.0240. The minimum Gasteiger partial charge on any atom is -0.444 e. The molecule has 32 heavy (non-hydrogen) atoms. The first-order valence-electron chi connectivity index (χ1n) is 11.9. The number of ketones is 1. The molecule has 0 aromatic heterocycles. The molecule has 0 unspecified atom stereocenters. The number of amides is 1. The lowest BCUT2D eigenvalue weighted by atomic mass is 10.1. The molecule has 0 aromatic carbocycles. The van der Waals surface area contributed by atoms with Crippen molar-refractivity contribution in [2.75, 3.05) is 13.2 Å². The lowest BCUT2D eigenvalue weighted by molar-refractivity contribution is -0.124. The average molecular weight is 488 g/mol. The first-order chi connectivity index (χ1) is 14.1. The lowest BCUT2D eigenvalue weighted by Gasteiger charge is -2.38.